The van der Waals surface area contributed by atoms with Crippen molar-refractivity contribution in [3.05, 3.63) is 42.4 Å². The van der Waals surface area contributed by atoms with Gasteiger partial charge in [-0.2, -0.15) is 0 Å². The Labute approximate surface area is 133 Å². The molecule has 0 saturated carbocycles. The molecule has 0 aliphatic rings. The van der Waals surface area contributed by atoms with Gasteiger partial charge in [0, 0.05) is 28.7 Å². The van der Waals surface area contributed by atoms with Crippen molar-refractivity contribution in [2.75, 3.05) is 0 Å². The molecule has 2 aromatic heterocycles. The van der Waals surface area contributed by atoms with Crippen molar-refractivity contribution < 1.29 is 4.79 Å². The van der Waals surface area contributed by atoms with Crippen LogP contribution >= 0.6 is 11.8 Å². The molecule has 5 nitrogen and oxygen atoms in total. The summed E-state index contributed by atoms with van der Waals surface area (Å²) in [5.41, 5.74) is 1.71. The van der Waals surface area contributed by atoms with Crippen LogP contribution in [0.5, 0.6) is 0 Å². The highest BCUT2D eigenvalue weighted by Crippen LogP contribution is 2.28. The summed E-state index contributed by atoms with van der Waals surface area (Å²) >= 11 is 1.45. The van der Waals surface area contributed by atoms with Crippen LogP contribution in [0.1, 0.15) is 37.2 Å². The summed E-state index contributed by atoms with van der Waals surface area (Å²) in [5.74, 6) is 0.0979. The molecule has 0 bridgehead atoms. The van der Waals surface area contributed by atoms with E-state index in [2.05, 4.69) is 29.0 Å². The maximum absolute atomic E-state index is 12.7. The number of nitrogens with zero attached hydrogens (tertiary/aromatic N) is 3. The summed E-state index contributed by atoms with van der Waals surface area (Å²) in [4.78, 5) is 15.9. The van der Waals surface area contributed by atoms with Crippen molar-refractivity contribution >= 4 is 28.4 Å². The number of aromatic nitrogens is 4. The fraction of sp³-hybridized carbons (Fsp3) is 0.312. The number of H-pyrrole nitrogens is 1. The zero-order chi connectivity index (χ0) is 15.7. The second kappa shape index (κ2) is 5.96. The van der Waals surface area contributed by atoms with E-state index in [4.69, 9.17) is 0 Å². The van der Waals surface area contributed by atoms with Crippen LogP contribution in [0.15, 0.2) is 41.9 Å². The molecule has 0 fully saturated rings. The number of fused-ring (bicyclic) bond motifs is 1. The molecule has 0 spiro atoms. The third kappa shape index (κ3) is 2.66. The van der Waals surface area contributed by atoms with Crippen LogP contribution < -0.4 is 0 Å². The Morgan fingerprint density at radius 2 is 2.05 bits per heavy atom. The van der Waals surface area contributed by atoms with Crippen molar-refractivity contribution in [2.24, 2.45) is 0 Å². The van der Waals surface area contributed by atoms with E-state index >= 15 is 0 Å². The summed E-state index contributed by atoms with van der Waals surface area (Å²) in [6, 6.07) is 8.11. The topological polar surface area (TPSA) is 63.6 Å². The van der Waals surface area contributed by atoms with E-state index in [1.807, 2.05) is 35.8 Å². The number of carbonyl (C=O) groups excluding carboxylic acids is 1. The second-order valence-corrected chi connectivity index (χ2v) is 6.79. The number of ketones is 1. The predicted molar refractivity (Wildman–Crippen MR) is 88.4 cm³/mol. The minimum Gasteiger partial charge on any atom is -0.360 e. The van der Waals surface area contributed by atoms with Crippen molar-refractivity contribution in [3.63, 3.8) is 0 Å². The van der Waals surface area contributed by atoms with Gasteiger partial charge in [-0.25, -0.2) is 0 Å². The maximum atomic E-state index is 12.7. The standard InChI is InChI=1S/C16H18N4OS/c1-10(2)20-9-18-19-16(20)22-11(3)15(21)13-8-17-14-7-5-4-6-12(13)14/h4-11,17H,1-3H3/t11-/m1/s1. The van der Waals surface area contributed by atoms with Gasteiger partial charge in [0.15, 0.2) is 10.9 Å². The van der Waals surface area contributed by atoms with E-state index in [0.29, 0.717) is 0 Å². The number of rotatable bonds is 5. The molecule has 3 rings (SSSR count). The van der Waals surface area contributed by atoms with E-state index < -0.39 is 0 Å². The van der Waals surface area contributed by atoms with Crippen LogP contribution in [0, 0.1) is 0 Å². The van der Waals surface area contributed by atoms with Crippen LogP contribution in [-0.2, 0) is 0 Å². The van der Waals surface area contributed by atoms with Gasteiger partial charge in [0.25, 0.3) is 0 Å². The van der Waals surface area contributed by atoms with Crippen LogP contribution in [0.3, 0.4) is 0 Å². The SMILES string of the molecule is CC(C)n1cnnc1S[C@H](C)C(=O)c1c[nH]c2ccccc12. The average Bonchev–Trinajstić information content (AvgIpc) is 3.12. The van der Waals surface area contributed by atoms with E-state index in [-0.39, 0.29) is 17.1 Å². The summed E-state index contributed by atoms with van der Waals surface area (Å²) in [7, 11) is 0. The predicted octanol–water partition coefficient (Wildman–Crippen LogP) is 3.70. The van der Waals surface area contributed by atoms with Gasteiger partial charge >= 0.3 is 0 Å². The molecule has 22 heavy (non-hydrogen) atoms. The minimum absolute atomic E-state index is 0.0979. The lowest BCUT2D eigenvalue weighted by atomic mass is 10.1. The van der Waals surface area contributed by atoms with E-state index in [9.17, 15) is 4.79 Å². The molecule has 1 N–H and O–H groups in total. The molecule has 2 heterocycles. The number of Topliss-reactive ketones (excluding diaryl/α,β-unsaturated/α-hetero) is 1. The molecule has 0 unspecified atom stereocenters. The third-order valence-electron chi connectivity index (χ3n) is 3.60. The monoisotopic (exact) mass is 314 g/mol. The van der Waals surface area contributed by atoms with Crippen LogP contribution in [-0.4, -0.2) is 30.8 Å². The zero-order valence-corrected chi connectivity index (χ0v) is 13.6. The number of carbonyl (C=O) groups is 1. The first-order chi connectivity index (χ1) is 10.6. The molecule has 1 atom stereocenters. The number of hydrogen-bond donors (Lipinski definition) is 1. The van der Waals surface area contributed by atoms with Crippen LogP contribution in [0.2, 0.25) is 0 Å². The fourth-order valence-corrected chi connectivity index (χ4v) is 3.40. The molecule has 0 aliphatic heterocycles. The Morgan fingerprint density at radius 1 is 1.27 bits per heavy atom. The first kappa shape index (κ1) is 14.8. The van der Waals surface area contributed by atoms with Gasteiger partial charge in [-0.05, 0) is 26.8 Å². The zero-order valence-electron chi connectivity index (χ0n) is 12.8. The summed E-state index contributed by atoms with van der Waals surface area (Å²) in [5, 5.41) is 9.58. The largest absolute Gasteiger partial charge is 0.360 e. The van der Waals surface area contributed by atoms with Gasteiger partial charge in [-0.3, -0.25) is 4.79 Å². The molecule has 0 amide bonds. The van der Waals surface area contributed by atoms with Crippen LogP contribution in [0.4, 0.5) is 0 Å². The molecule has 6 heteroatoms. The second-order valence-electron chi connectivity index (χ2n) is 5.49. The molecule has 114 valence electrons. The maximum Gasteiger partial charge on any atom is 0.191 e. The Balaban J connectivity index is 1.84. The number of nitrogens with one attached hydrogen (secondary N) is 1. The molecule has 0 aliphatic carbocycles. The lowest BCUT2D eigenvalue weighted by Crippen LogP contribution is -2.14. The van der Waals surface area contributed by atoms with Crippen molar-refractivity contribution in [1.82, 2.24) is 19.7 Å². The molecular formula is C16H18N4OS. The number of hydrogen-bond acceptors (Lipinski definition) is 4. The van der Waals surface area contributed by atoms with Crippen LogP contribution in [0.25, 0.3) is 10.9 Å². The Morgan fingerprint density at radius 3 is 2.82 bits per heavy atom. The number of aromatic amines is 1. The van der Waals surface area contributed by atoms with Gasteiger partial charge in [-0.15, -0.1) is 10.2 Å². The lowest BCUT2D eigenvalue weighted by Gasteiger charge is -2.12. The van der Waals surface area contributed by atoms with Crippen molar-refractivity contribution in [2.45, 2.75) is 37.2 Å². The first-order valence-corrected chi connectivity index (χ1v) is 8.12. The molecule has 0 radical (unpaired) electrons. The Kier molecular flexibility index (Phi) is 4.02. The fourth-order valence-electron chi connectivity index (χ4n) is 2.38. The first-order valence-electron chi connectivity index (χ1n) is 7.24. The summed E-state index contributed by atoms with van der Waals surface area (Å²) in [6.45, 7) is 6.05. The van der Waals surface area contributed by atoms with E-state index in [1.165, 1.54) is 11.8 Å². The normalized spacial score (nSPS) is 12.9. The molecular weight excluding hydrogens is 296 g/mol. The third-order valence-corrected chi connectivity index (χ3v) is 4.67. The van der Waals surface area contributed by atoms with E-state index in [1.54, 1.807) is 12.5 Å². The molecule has 0 saturated heterocycles. The highest BCUT2D eigenvalue weighted by molar-refractivity contribution is 8.00. The minimum atomic E-state index is -0.221. The Bertz CT molecular complexity index is 805. The lowest BCUT2D eigenvalue weighted by molar-refractivity contribution is 0.0995. The van der Waals surface area contributed by atoms with E-state index in [0.717, 1.165) is 21.6 Å². The average molecular weight is 314 g/mol. The van der Waals surface area contributed by atoms with Gasteiger partial charge in [-0.1, -0.05) is 30.0 Å². The van der Waals surface area contributed by atoms with Gasteiger partial charge in [0.1, 0.15) is 6.33 Å². The number of benzene rings is 1. The Hall–Kier alpha value is -2.08. The van der Waals surface area contributed by atoms with Crippen molar-refractivity contribution in [1.29, 1.82) is 0 Å². The quantitative estimate of drug-likeness (QED) is 0.576. The van der Waals surface area contributed by atoms with Crippen molar-refractivity contribution in [3.8, 4) is 0 Å². The highest BCUT2D eigenvalue weighted by atomic mass is 32.2. The summed E-state index contributed by atoms with van der Waals surface area (Å²) in [6.07, 6.45) is 3.49. The van der Waals surface area contributed by atoms with Gasteiger partial charge in [0.2, 0.25) is 0 Å². The molecule has 1 aromatic carbocycles. The smallest absolute Gasteiger partial charge is 0.191 e. The highest BCUT2D eigenvalue weighted by Gasteiger charge is 2.22. The van der Waals surface area contributed by atoms with Gasteiger partial charge < -0.3 is 9.55 Å². The number of para-hydroxylation sites is 1. The number of thioether (sulfide) groups is 1. The molecule has 3 aromatic rings. The van der Waals surface area contributed by atoms with Gasteiger partial charge in [0.05, 0.1) is 5.25 Å². The summed E-state index contributed by atoms with van der Waals surface area (Å²) < 4.78 is 1.98.